The van der Waals surface area contributed by atoms with Crippen molar-refractivity contribution in [3.8, 4) is 0 Å². The van der Waals surface area contributed by atoms with Crippen LogP contribution in [0.4, 0.5) is 5.69 Å². The molecule has 21 heavy (non-hydrogen) atoms. The van der Waals surface area contributed by atoms with Crippen molar-refractivity contribution in [1.29, 1.82) is 0 Å². The van der Waals surface area contributed by atoms with E-state index in [4.69, 9.17) is 0 Å². The summed E-state index contributed by atoms with van der Waals surface area (Å²) < 4.78 is 0. The molecule has 0 aliphatic carbocycles. The number of hydrogen-bond acceptors (Lipinski definition) is 4. The number of carbonyl (C=O) groups excluding carboxylic acids is 1. The lowest BCUT2D eigenvalue weighted by molar-refractivity contribution is 0.0953. The normalized spacial score (nSPS) is 10.4. The highest BCUT2D eigenvalue weighted by molar-refractivity contribution is 7.11. The van der Waals surface area contributed by atoms with Gasteiger partial charge in [0.1, 0.15) is 0 Å². The first-order valence-electron chi connectivity index (χ1n) is 7.15. The zero-order valence-electron chi connectivity index (χ0n) is 12.7. The Balaban J connectivity index is 2.01. The fourth-order valence-electron chi connectivity index (χ4n) is 2.03. The molecule has 0 spiro atoms. The lowest BCUT2D eigenvalue weighted by Crippen LogP contribution is -2.23. The molecule has 0 saturated carbocycles. The first-order chi connectivity index (χ1) is 10.1. The summed E-state index contributed by atoms with van der Waals surface area (Å²) in [6.07, 6.45) is 0.938. The molecule has 0 bridgehead atoms. The summed E-state index contributed by atoms with van der Waals surface area (Å²) in [5.74, 6) is -0.0229. The summed E-state index contributed by atoms with van der Waals surface area (Å²) in [5.41, 5.74) is 2.71. The van der Waals surface area contributed by atoms with Crippen LogP contribution in [0.15, 0.2) is 24.3 Å². The van der Waals surface area contributed by atoms with Gasteiger partial charge in [-0.1, -0.05) is 13.0 Å². The van der Waals surface area contributed by atoms with Gasteiger partial charge in [0.05, 0.1) is 17.2 Å². The van der Waals surface area contributed by atoms with E-state index in [1.807, 2.05) is 45.0 Å². The number of nitrogens with zero attached hydrogens (tertiary/aromatic N) is 1. The van der Waals surface area contributed by atoms with Crippen molar-refractivity contribution in [2.45, 2.75) is 33.7 Å². The molecule has 2 aromatic rings. The monoisotopic (exact) mass is 303 g/mol. The first kappa shape index (κ1) is 15.5. The molecule has 2 rings (SSSR count). The Bertz CT molecular complexity index is 622. The van der Waals surface area contributed by atoms with Crippen LogP contribution >= 0.6 is 11.3 Å². The maximum atomic E-state index is 11.9. The van der Waals surface area contributed by atoms with Gasteiger partial charge in [-0.05, 0) is 38.5 Å². The maximum Gasteiger partial charge on any atom is 0.251 e. The van der Waals surface area contributed by atoms with Crippen LogP contribution < -0.4 is 10.6 Å². The molecule has 1 aromatic heterocycles. The zero-order chi connectivity index (χ0) is 15.2. The van der Waals surface area contributed by atoms with Gasteiger partial charge in [-0.15, -0.1) is 11.3 Å². The fourth-order valence-corrected chi connectivity index (χ4v) is 2.91. The molecule has 1 heterocycles. The molecule has 0 radical (unpaired) electrons. The Kier molecular flexibility index (Phi) is 5.33. The van der Waals surface area contributed by atoms with Crippen LogP contribution in [0.25, 0.3) is 0 Å². The molecule has 112 valence electrons. The van der Waals surface area contributed by atoms with Crippen LogP contribution in [-0.4, -0.2) is 17.4 Å². The molecule has 5 heteroatoms. The van der Waals surface area contributed by atoms with E-state index < -0.39 is 0 Å². The minimum Gasteiger partial charge on any atom is -0.380 e. The van der Waals surface area contributed by atoms with Gasteiger partial charge < -0.3 is 10.6 Å². The number of rotatable bonds is 6. The Hall–Kier alpha value is -1.88. The van der Waals surface area contributed by atoms with Gasteiger partial charge >= 0.3 is 0 Å². The zero-order valence-corrected chi connectivity index (χ0v) is 13.5. The molecular formula is C16H21N3OS. The van der Waals surface area contributed by atoms with Crippen molar-refractivity contribution in [2.75, 3.05) is 11.9 Å². The number of aryl methyl sites for hydroxylation is 2. The second-order valence-corrected chi connectivity index (χ2v) is 6.22. The summed E-state index contributed by atoms with van der Waals surface area (Å²) in [4.78, 5) is 17.6. The average Bonchev–Trinajstić information content (AvgIpc) is 2.81. The molecule has 2 N–H and O–H groups in total. The highest BCUT2D eigenvalue weighted by Gasteiger charge is 2.07. The number of amides is 1. The fraction of sp³-hybridized carbons (Fsp3) is 0.375. The second kappa shape index (κ2) is 7.22. The van der Waals surface area contributed by atoms with Crippen molar-refractivity contribution in [3.05, 3.63) is 45.4 Å². The Labute approximate surface area is 129 Å². The van der Waals surface area contributed by atoms with Crippen molar-refractivity contribution >= 4 is 22.9 Å². The van der Waals surface area contributed by atoms with Crippen LogP contribution in [-0.2, 0) is 6.54 Å². The summed E-state index contributed by atoms with van der Waals surface area (Å²) in [6.45, 7) is 7.51. The van der Waals surface area contributed by atoms with Gasteiger partial charge in [-0.3, -0.25) is 4.79 Å². The highest BCUT2D eigenvalue weighted by atomic mass is 32.1. The number of anilines is 1. The molecule has 0 saturated heterocycles. The number of nitrogens with one attached hydrogen (secondary N) is 2. The Morgan fingerprint density at radius 3 is 2.81 bits per heavy atom. The molecular weight excluding hydrogens is 282 g/mol. The minimum absolute atomic E-state index is 0.0229. The lowest BCUT2D eigenvalue weighted by atomic mass is 10.2. The van der Waals surface area contributed by atoms with Crippen LogP contribution in [0, 0.1) is 13.8 Å². The smallest absolute Gasteiger partial charge is 0.251 e. The molecule has 0 atom stereocenters. The summed E-state index contributed by atoms with van der Waals surface area (Å²) in [6, 6.07) is 7.58. The molecule has 0 fully saturated rings. The summed E-state index contributed by atoms with van der Waals surface area (Å²) in [5, 5.41) is 7.32. The second-order valence-electron chi connectivity index (χ2n) is 4.93. The van der Waals surface area contributed by atoms with Crippen LogP contribution in [0.2, 0.25) is 0 Å². The van der Waals surface area contributed by atoms with E-state index in [0.717, 1.165) is 29.4 Å². The van der Waals surface area contributed by atoms with E-state index >= 15 is 0 Å². The number of carbonyl (C=O) groups is 1. The van der Waals surface area contributed by atoms with E-state index in [0.29, 0.717) is 12.1 Å². The van der Waals surface area contributed by atoms with E-state index in [1.165, 1.54) is 4.88 Å². The Morgan fingerprint density at radius 2 is 2.14 bits per heavy atom. The van der Waals surface area contributed by atoms with E-state index in [-0.39, 0.29) is 5.91 Å². The molecule has 0 unspecified atom stereocenters. The van der Waals surface area contributed by atoms with E-state index in [9.17, 15) is 4.79 Å². The predicted octanol–water partition coefficient (Wildman–Crippen LogP) is 3.51. The van der Waals surface area contributed by atoms with Crippen molar-refractivity contribution in [2.24, 2.45) is 0 Å². The van der Waals surface area contributed by atoms with Crippen LogP contribution in [0.1, 0.15) is 39.3 Å². The van der Waals surface area contributed by atoms with Crippen molar-refractivity contribution in [1.82, 2.24) is 10.3 Å². The quantitative estimate of drug-likeness (QED) is 0.858. The van der Waals surface area contributed by atoms with Gasteiger partial charge in [0.25, 0.3) is 5.91 Å². The van der Waals surface area contributed by atoms with Crippen LogP contribution in [0.5, 0.6) is 0 Å². The molecule has 0 aliphatic heterocycles. The highest BCUT2D eigenvalue weighted by Crippen LogP contribution is 2.19. The average molecular weight is 303 g/mol. The molecule has 1 amide bonds. The molecule has 0 aliphatic rings. The van der Waals surface area contributed by atoms with Crippen molar-refractivity contribution < 1.29 is 4.79 Å². The minimum atomic E-state index is -0.0229. The predicted molar refractivity (Wildman–Crippen MR) is 88.0 cm³/mol. The lowest BCUT2D eigenvalue weighted by Gasteiger charge is -2.08. The van der Waals surface area contributed by atoms with E-state index in [2.05, 4.69) is 15.6 Å². The van der Waals surface area contributed by atoms with Gasteiger partial charge in [-0.25, -0.2) is 4.98 Å². The third-order valence-corrected chi connectivity index (χ3v) is 4.19. The van der Waals surface area contributed by atoms with Gasteiger partial charge in [0.15, 0.2) is 0 Å². The number of aromatic nitrogens is 1. The SMILES string of the molecule is CCCNC(=O)c1cccc(NCc2sc(C)nc2C)c1. The largest absolute Gasteiger partial charge is 0.380 e. The molecule has 1 aromatic carbocycles. The van der Waals surface area contributed by atoms with Crippen LogP contribution in [0.3, 0.4) is 0 Å². The van der Waals surface area contributed by atoms with Gasteiger partial charge in [-0.2, -0.15) is 0 Å². The van der Waals surface area contributed by atoms with E-state index in [1.54, 1.807) is 11.3 Å². The number of hydrogen-bond donors (Lipinski definition) is 2. The van der Waals surface area contributed by atoms with Crippen molar-refractivity contribution in [3.63, 3.8) is 0 Å². The third kappa shape index (κ3) is 4.29. The standard InChI is InChI=1S/C16H21N3OS/c1-4-8-17-16(20)13-6-5-7-14(9-13)18-10-15-11(2)19-12(3)21-15/h5-7,9,18H,4,8,10H2,1-3H3,(H,17,20). The van der Waals surface area contributed by atoms with Gasteiger partial charge in [0, 0.05) is 22.7 Å². The first-order valence-corrected chi connectivity index (χ1v) is 7.97. The third-order valence-electron chi connectivity index (χ3n) is 3.11. The number of benzene rings is 1. The maximum absolute atomic E-state index is 11.9. The Morgan fingerprint density at radius 1 is 1.33 bits per heavy atom. The number of thiazole rings is 1. The van der Waals surface area contributed by atoms with Gasteiger partial charge in [0.2, 0.25) is 0 Å². The molecule has 4 nitrogen and oxygen atoms in total. The topological polar surface area (TPSA) is 54.0 Å². The summed E-state index contributed by atoms with van der Waals surface area (Å²) >= 11 is 1.70. The summed E-state index contributed by atoms with van der Waals surface area (Å²) in [7, 11) is 0.